The lowest BCUT2D eigenvalue weighted by Crippen LogP contribution is -2.34. The monoisotopic (exact) mass is 643 g/mol. The van der Waals surface area contributed by atoms with Crippen LogP contribution in [0, 0.1) is 6.92 Å². The summed E-state index contributed by atoms with van der Waals surface area (Å²) in [5.41, 5.74) is 6.73. The second-order valence-electron chi connectivity index (χ2n) is 11.6. The number of aryl methyl sites for hydroxylation is 1. The molecule has 0 saturated carbocycles. The summed E-state index contributed by atoms with van der Waals surface area (Å²) in [5.74, 6) is 0.0251. The first-order chi connectivity index (χ1) is 23.4. The number of esters is 1. The summed E-state index contributed by atoms with van der Waals surface area (Å²) >= 11 is 0. The smallest absolute Gasteiger partial charge is 0.311 e. The Bertz CT molecular complexity index is 1780. The minimum Gasteiger partial charge on any atom is -0.449 e. The van der Waals surface area contributed by atoms with Crippen molar-refractivity contribution in [2.75, 3.05) is 44.0 Å². The Morgan fingerprint density at radius 2 is 1.69 bits per heavy atom. The van der Waals surface area contributed by atoms with Crippen molar-refractivity contribution >= 4 is 29.2 Å². The van der Waals surface area contributed by atoms with Crippen molar-refractivity contribution in [2.45, 2.75) is 26.8 Å². The number of anilines is 3. The van der Waals surface area contributed by atoms with Crippen molar-refractivity contribution in [3.8, 4) is 11.3 Å². The molecule has 0 aliphatic heterocycles. The average molecular weight is 644 g/mol. The van der Waals surface area contributed by atoms with E-state index in [1.54, 1.807) is 18.6 Å². The summed E-state index contributed by atoms with van der Waals surface area (Å²) in [6, 6.07) is 28.6. The number of pyridine rings is 1. The third-order valence-corrected chi connectivity index (χ3v) is 7.86. The van der Waals surface area contributed by atoms with Crippen molar-refractivity contribution in [2.24, 2.45) is 0 Å². The van der Waals surface area contributed by atoms with E-state index in [-0.39, 0.29) is 25.0 Å². The molecule has 246 valence electrons. The number of ether oxygens (including phenoxy) is 1. The van der Waals surface area contributed by atoms with Crippen LogP contribution in [0.2, 0.25) is 0 Å². The summed E-state index contributed by atoms with van der Waals surface area (Å²) in [6.07, 6.45) is 5.46. The second-order valence-corrected chi connectivity index (χ2v) is 11.6. The van der Waals surface area contributed by atoms with E-state index in [0.717, 1.165) is 59.8 Å². The summed E-state index contributed by atoms with van der Waals surface area (Å²) in [4.78, 5) is 42.8. The number of carbonyl (C=O) groups is 2. The minimum atomic E-state index is -0.235. The molecule has 0 aliphatic rings. The highest BCUT2D eigenvalue weighted by molar-refractivity contribution is 6.04. The number of aromatic nitrogens is 3. The quantitative estimate of drug-likeness (QED) is 0.0997. The van der Waals surface area contributed by atoms with E-state index < -0.39 is 0 Å². The number of hydrogen-bond donors (Lipinski definition) is 2. The molecular formula is C38H41N7O3. The highest BCUT2D eigenvalue weighted by atomic mass is 16.5. The van der Waals surface area contributed by atoms with Crippen LogP contribution in [-0.2, 0) is 22.5 Å². The van der Waals surface area contributed by atoms with Gasteiger partial charge in [0.25, 0.3) is 5.91 Å². The first kappa shape index (κ1) is 33.9. The van der Waals surface area contributed by atoms with Crippen molar-refractivity contribution < 1.29 is 14.3 Å². The van der Waals surface area contributed by atoms with Gasteiger partial charge in [-0.15, -0.1) is 0 Å². The molecule has 2 N–H and O–H groups in total. The van der Waals surface area contributed by atoms with Gasteiger partial charge < -0.3 is 15.4 Å². The predicted molar refractivity (Wildman–Crippen MR) is 189 cm³/mol. The fourth-order valence-electron chi connectivity index (χ4n) is 4.99. The van der Waals surface area contributed by atoms with Crippen LogP contribution in [0.1, 0.15) is 34.0 Å². The van der Waals surface area contributed by atoms with Crippen LogP contribution in [0.15, 0.2) is 110 Å². The molecule has 2 heterocycles. The average Bonchev–Trinajstić information content (AvgIpc) is 3.11. The Hall–Kier alpha value is -5.45. The van der Waals surface area contributed by atoms with E-state index in [2.05, 4.69) is 37.4 Å². The summed E-state index contributed by atoms with van der Waals surface area (Å²) in [6.45, 7) is 7.53. The molecule has 2 aromatic heterocycles. The highest BCUT2D eigenvalue weighted by Crippen LogP contribution is 2.25. The van der Waals surface area contributed by atoms with E-state index in [4.69, 9.17) is 4.74 Å². The molecule has 3 aromatic carbocycles. The van der Waals surface area contributed by atoms with Crippen LogP contribution in [0.25, 0.3) is 11.3 Å². The van der Waals surface area contributed by atoms with Gasteiger partial charge in [0.1, 0.15) is 6.73 Å². The Morgan fingerprint density at radius 1 is 0.875 bits per heavy atom. The Morgan fingerprint density at radius 3 is 2.44 bits per heavy atom. The molecule has 0 spiro atoms. The Kier molecular flexibility index (Phi) is 11.9. The number of carbonyl (C=O) groups excluding carboxylic acids is 2. The molecule has 10 nitrogen and oxygen atoms in total. The van der Waals surface area contributed by atoms with Crippen LogP contribution in [0.4, 0.5) is 17.3 Å². The normalized spacial score (nSPS) is 11.0. The van der Waals surface area contributed by atoms with Gasteiger partial charge in [0.2, 0.25) is 5.95 Å². The molecule has 0 atom stereocenters. The lowest BCUT2D eigenvalue weighted by atomic mass is 10.1. The molecule has 48 heavy (non-hydrogen) atoms. The summed E-state index contributed by atoms with van der Waals surface area (Å²) in [7, 11) is 1.94. The molecule has 0 radical (unpaired) electrons. The fraction of sp³-hybridized carbons (Fsp3) is 0.237. The van der Waals surface area contributed by atoms with Crippen LogP contribution in [0.3, 0.4) is 0 Å². The standard InChI is InChI=1S/C38H41N7O3/c1-4-45(22-21-44(3)27-48-36(46)23-29-9-6-5-7-10-29)26-30-13-15-31(16-14-30)37(47)41-33-17-12-28(2)35(24-33)43-38-40-20-18-34(42-38)32-11-8-19-39-25-32/h5-20,24-25H,4,21-23,26-27H2,1-3H3,(H,41,47)(H,40,42,43). The van der Waals surface area contributed by atoms with Crippen LogP contribution >= 0.6 is 0 Å². The number of rotatable bonds is 15. The second kappa shape index (κ2) is 16.9. The first-order valence-corrected chi connectivity index (χ1v) is 16.0. The Labute approximate surface area is 281 Å². The van der Waals surface area contributed by atoms with Crippen molar-refractivity contribution in [3.05, 3.63) is 132 Å². The van der Waals surface area contributed by atoms with Gasteiger partial charge >= 0.3 is 5.97 Å². The molecule has 0 bridgehead atoms. The minimum absolute atomic E-state index is 0.193. The van der Waals surface area contributed by atoms with E-state index in [0.29, 0.717) is 17.2 Å². The van der Waals surface area contributed by atoms with E-state index in [1.807, 2.05) is 110 Å². The van der Waals surface area contributed by atoms with Gasteiger partial charge in [0, 0.05) is 60.7 Å². The maximum atomic E-state index is 13.1. The molecule has 0 aliphatic carbocycles. The number of likely N-dealkylation sites (N-methyl/N-ethyl adjacent to an activating group) is 2. The topological polar surface area (TPSA) is 113 Å². The van der Waals surface area contributed by atoms with Crippen LogP contribution in [-0.4, -0.2) is 70.0 Å². The van der Waals surface area contributed by atoms with Crippen molar-refractivity contribution in [1.82, 2.24) is 24.8 Å². The fourth-order valence-corrected chi connectivity index (χ4v) is 4.99. The number of benzene rings is 3. The largest absolute Gasteiger partial charge is 0.449 e. The van der Waals surface area contributed by atoms with Gasteiger partial charge in [-0.05, 0) is 79.7 Å². The molecule has 0 saturated heterocycles. The number of amides is 1. The third-order valence-electron chi connectivity index (χ3n) is 7.86. The predicted octanol–water partition coefficient (Wildman–Crippen LogP) is 6.34. The molecule has 5 rings (SSSR count). The van der Waals surface area contributed by atoms with Gasteiger partial charge in [-0.25, -0.2) is 9.97 Å². The lowest BCUT2D eigenvalue weighted by molar-refractivity contribution is -0.147. The first-order valence-electron chi connectivity index (χ1n) is 16.0. The van der Waals surface area contributed by atoms with E-state index in [9.17, 15) is 9.59 Å². The zero-order chi connectivity index (χ0) is 33.7. The third kappa shape index (κ3) is 10.0. The number of hydrogen-bond acceptors (Lipinski definition) is 9. The maximum Gasteiger partial charge on any atom is 0.311 e. The van der Waals surface area contributed by atoms with Crippen LogP contribution < -0.4 is 10.6 Å². The number of nitrogens with one attached hydrogen (secondary N) is 2. The lowest BCUT2D eigenvalue weighted by Gasteiger charge is -2.24. The van der Waals surface area contributed by atoms with Crippen LogP contribution in [0.5, 0.6) is 0 Å². The van der Waals surface area contributed by atoms with Gasteiger partial charge in [-0.2, -0.15) is 0 Å². The zero-order valence-electron chi connectivity index (χ0n) is 27.6. The highest BCUT2D eigenvalue weighted by Gasteiger charge is 2.12. The summed E-state index contributed by atoms with van der Waals surface area (Å²) < 4.78 is 5.45. The SMILES string of the molecule is CCN(CCN(C)COC(=O)Cc1ccccc1)Cc1ccc(C(=O)Nc2ccc(C)c(Nc3nccc(-c4cccnc4)n3)c2)cc1. The molecule has 10 heteroatoms. The molecule has 0 unspecified atom stereocenters. The zero-order valence-corrected chi connectivity index (χ0v) is 27.6. The maximum absolute atomic E-state index is 13.1. The van der Waals surface area contributed by atoms with Gasteiger partial charge in [0.15, 0.2) is 0 Å². The molecule has 1 amide bonds. The van der Waals surface area contributed by atoms with Gasteiger partial charge in [-0.1, -0.05) is 55.5 Å². The van der Waals surface area contributed by atoms with E-state index >= 15 is 0 Å². The number of nitrogens with zero attached hydrogens (tertiary/aromatic N) is 5. The molecular weight excluding hydrogens is 602 g/mol. The summed E-state index contributed by atoms with van der Waals surface area (Å²) in [5, 5.41) is 6.29. The molecule has 0 fully saturated rings. The van der Waals surface area contributed by atoms with Crippen molar-refractivity contribution in [3.63, 3.8) is 0 Å². The van der Waals surface area contributed by atoms with Gasteiger partial charge in [0.05, 0.1) is 12.1 Å². The van der Waals surface area contributed by atoms with Gasteiger partial charge in [-0.3, -0.25) is 24.4 Å². The van der Waals surface area contributed by atoms with E-state index in [1.165, 1.54) is 0 Å². The molecule has 5 aromatic rings. The van der Waals surface area contributed by atoms with Crippen molar-refractivity contribution in [1.29, 1.82) is 0 Å². The Balaban J connectivity index is 1.10.